The molecule has 7 heteroatoms. The van der Waals surface area contributed by atoms with Gasteiger partial charge in [-0.25, -0.2) is 0 Å². The van der Waals surface area contributed by atoms with E-state index in [0.29, 0.717) is 36.0 Å². The Labute approximate surface area is 162 Å². The quantitative estimate of drug-likeness (QED) is 0.682. The summed E-state index contributed by atoms with van der Waals surface area (Å²) >= 11 is 0. The highest BCUT2D eigenvalue weighted by atomic mass is 35.5. The Bertz CT molecular complexity index is 537. The number of hydrogen-bond acceptors (Lipinski definition) is 5. The van der Waals surface area contributed by atoms with E-state index < -0.39 is 0 Å². The highest BCUT2D eigenvalue weighted by Gasteiger charge is 2.15. The number of nitrogens with one attached hydrogen (secondary N) is 2. The zero-order valence-corrected chi connectivity index (χ0v) is 16.7. The molecule has 1 aliphatic rings. The molecule has 0 saturated carbocycles. The molecule has 1 saturated heterocycles. The minimum atomic E-state index is 0. The maximum atomic E-state index is 12.1. The summed E-state index contributed by atoms with van der Waals surface area (Å²) in [5.41, 5.74) is 0.987. The molecule has 1 aromatic carbocycles. The molecule has 0 bridgehead atoms. The molecule has 6 nitrogen and oxygen atoms in total. The minimum Gasteiger partial charge on any atom is -0.493 e. The lowest BCUT2D eigenvalue weighted by molar-refractivity contribution is -0.121. The van der Waals surface area contributed by atoms with Crippen LogP contribution in [0.1, 0.15) is 31.2 Å². The minimum absolute atomic E-state index is 0. The highest BCUT2D eigenvalue weighted by Crippen LogP contribution is 2.38. The molecule has 0 aliphatic carbocycles. The lowest BCUT2D eigenvalue weighted by Gasteiger charge is -2.22. The molecule has 1 amide bonds. The molecule has 1 aliphatic heterocycles. The van der Waals surface area contributed by atoms with Crippen molar-refractivity contribution < 1.29 is 19.0 Å². The Morgan fingerprint density at radius 1 is 1.19 bits per heavy atom. The summed E-state index contributed by atoms with van der Waals surface area (Å²) in [6.45, 7) is 2.94. The summed E-state index contributed by atoms with van der Waals surface area (Å²) in [5.74, 6) is 2.56. The smallest absolute Gasteiger partial charge is 0.220 e. The van der Waals surface area contributed by atoms with Crippen molar-refractivity contribution in [2.45, 2.75) is 32.1 Å². The van der Waals surface area contributed by atoms with Crippen LogP contribution in [0, 0.1) is 5.92 Å². The van der Waals surface area contributed by atoms with Gasteiger partial charge in [0.05, 0.1) is 21.3 Å². The number of benzene rings is 1. The summed E-state index contributed by atoms with van der Waals surface area (Å²) in [5, 5.41) is 6.43. The molecule has 148 valence electrons. The van der Waals surface area contributed by atoms with Crippen LogP contribution in [0.2, 0.25) is 0 Å². The molecular weight excluding hydrogens is 356 g/mol. The van der Waals surface area contributed by atoms with E-state index in [1.54, 1.807) is 21.3 Å². The van der Waals surface area contributed by atoms with Gasteiger partial charge in [0.1, 0.15) is 0 Å². The first-order valence-electron chi connectivity index (χ1n) is 8.94. The number of aryl methyl sites for hydroxylation is 1. The van der Waals surface area contributed by atoms with E-state index in [-0.39, 0.29) is 18.3 Å². The fraction of sp³-hybridized carbons (Fsp3) is 0.632. The van der Waals surface area contributed by atoms with Crippen LogP contribution in [0.5, 0.6) is 17.2 Å². The lowest BCUT2D eigenvalue weighted by atomic mass is 9.96. The molecule has 0 aromatic heterocycles. The van der Waals surface area contributed by atoms with Gasteiger partial charge in [-0.3, -0.25) is 4.79 Å². The van der Waals surface area contributed by atoms with Crippen LogP contribution in [0.3, 0.4) is 0 Å². The fourth-order valence-electron chi connectivity index (χ4n) is 3.21. The second-order valence-corrected chi connectivity index (χ2v) is 6.38. The lowest BCUT2D eigenvalue weighted by Crippen LogP contribution is -2.33. The highest BCUT2D eigenvalue weighted by molar-refractivity contribution is 5.85. The zero-order chi connectivity index (χ0) is 18.1. The molecule has 1 fully saturated rings. The van der Waals surface area contributed by atoms with Crippen LogP contribution in [0.25, 0.3) is 0 Å². The Hall–Kier alpha value is -1.66. The summed E-state index contributed by atoms with van der Waals surface area (Å²) in [6, 6.07) is 3.78. The van der Waals surface area contributed by atoms with E-state index in [0.717, 1.165) is 31.6 Å². The Morgan fingerprint density at radius 3 is 2.42 bits per heavy atom. The molecule has 1 atom stereocenters. The number of carbonyl (C=O) groups excluding carboxylic acids is 1. The van der Waals surface area contributed by atoms with E-state index in [1.807, 2.05) is 12.1 Å². The van der Waals surface area contributed by atoms with E-state index >= 15 is 0 Å². The molecule has 1 aromatic rings. The predicted molar refractivity (Wildman–Crippen MR) is 105 cm³/mol. The second-order valence-electron chi connectivity index (χ2n) is 6.38. The van der Waals surface area contributed by atoms with Crippen LogP contribution in [-0.4, -0.2) is 46.9 Å². The van der Waals surface area contributed by atoms with Gasteiger partial charge in [-0.2, -0.15) is 0 Å². The van der Waals surface area contributed by atoms with Crippen molar-refractivity contribution in [2.75, 3.05) is 41.0 Å². The largest absolute Gasteiger partial charge is 0.493 e. The maximum absolute atomic E-state index is 12.1. The maximum Gasteiger partial charge on any atom is 0.220 e. The third kappa shape index (κ3) is 6.57. The summed E-state index contributed by atoms with van der Waals surface area (Å²) in [7, 11) is 4.76. The number of halogens is 1. The Morgan fingerprint density at radius 2 is 1.88 bits per heavy atom. The predicted octanol–water partition coefficient (Wildman–Crippen LogP) is 2.57. The van der Waals surface area contributed by atoms with Gasteiger partial charge in [0, 0.05) is 13.0 Å². The van der Waals surface area contributed by atoms with Crippen LogP contribution < -0.4 is 24.8 Å². The monoisotopic (exact) mass is 386 g/mol. The normalized spacial score (nSPS) is 16.3. The van der Waals surface area contributed by atoms with E-state index in [1.165, 1.54) is 12.8 Å². The van der Waals surface area contributed by atoms with Crippen molar-refractivity contribution >= 4 is 18.3 Å². The number of amides is 1. The van der Waals surface area contributed by atoms with Crippen molar-refractivity contribution in [3.63, 3.8) is 0 Å². The van der Waals surface area contributed by atoms with Gasteiger partial charge in [0.2, 0.25) is 11.7 Å². The number of rotatable bonds is 9. The number of piperidine rings is 1. The number of methoxy groups -OCH3 is 3. The van der Waals surface area contributed by atoms with Gasteiger partial charge in [-0.15, -0.1) is 12.4 Å². The molecule has 0 radical (unpaired) electrons. The Kier molecular flexibility index (Phi) is 10.2. The van der Waals surface area contributed by atoms with Gasteiger partial charge in [-0.1, -0.05) is 0 Å². The first kappa shape index (κ1) is 22.4. The van der Waals surface area contributed by atoms with Crippen molar-refractivity contribution in [1.29, 1.82) is 0 Å². The molecule has 1 heterocycles. The van der Waals surface area contributed by atoms with Crippen LogP contribution >= 0.6 is 12.4 Å². The first-order chi connectivity index (χ1) is 12.2. The van der Waals surface area contributed by atoms with Crippen molar-refractivity contribution in [2.24, 2.45) is 5.92 Å². The van der Waals surface area contributed by atoms with Gasteiger partial charge < -0.3 is 24.8 Å². The second kappa shape index (κ2) is 11.9. The third-order valence-corrected chi connectivity index (χ3v) is 4.64. The average Bonchev–Trinajstić information content (AvgIpc) is 2.66. The van der Waals surface area contributed by atoms with E-state index in [9.17, 15) is 4.79 Å². The SMILES string of the molecule is COc1cc(CCC(=O)NCCC2CCCNC2)cc(OC)c1OC.Cl. The zero-order valence-electron chi connectivity index (χ0n) is 15.9. The first-order valence-corrected chi connectivity index (χ1v) is 8.94. The summed E-state index contributed by atoms with van der Waals surface area (Å²) < 4.78 is 16.0. The summed E-state index contributed by atoms with van der Waals surface area (Å²) in [6.07, 6.45) is 4.62. The van der Waals surface area contributed by atoms with Crippen molar-refractivity contribution in [1.82, 2.24) is 10.6 Å². The Balaban J connectivity index is 0.00000338. The number of ether oxygens (including phenoxy) is 3. The average molecular weight is 387 g/mol. The van der Waals surface area contributed by atoms with Gasteiger partial charge >= 0.3 is 0 Å². The standard InChI is InChI=1S/C19H30N2O4.ClH/c1-23-16-11-15(12-17(24-2)19(16)25-3)6-7-18(22)21-10-8-14-5-4-9-20-13-14;/h11-12,14,20H,4-10,13H2,1-3H3,(H,21,22);1H. The van der Waals surface area contributed by atoms with Gasteiger partial charge in [0.15, 0.2) is 11.5 Å². The van der Waals surface area contributed by atoms with Crippen LogP contribution in [0.15, 0.2) is 12.1 Å². The molecule has 1 unspecified atom stereocenters. The van der Waals surface area contributed by atoms with E-state index in [2.05, 4.69) is 10.6 Å². The number of carbonyl (C=O) groups is 1. The molecule has 0 spiro atoms. The van der Waals surface area contributed by atoms with Gasteiger partial charge in [0.25, 0.3) is 0 Å². The summed E-state index contributed by atoms with van der Waals surface area (Å²) in [4.78, 5) is 12.1. The van der Waals surface area contributed by atoms with Crippen LogP contribution in [-0.2, 0) is 11.2 Å². The topological polar surface area (TPSA) is 68.8 Å². The molecule has 26 heavy (non-hydrogen) atoms. The van der Waals surface area contributed by atoms with E-state index in [4.69, 9.17) is 14.2 Å². The molecular formula is C19H31ClN2O4. The molecule has 2 rings (SSSR count). The van der Waals surface area contributed by atoms with Crippen LogP contribution in [0.4, 0.5) is 0 Å². The molecule has 2 N–H and O–H groups in total. The van der Waals surface area contributed by atoms with Crippen molar-refractivity contribution in [3.05, 3.63) is 17.7 Å². The van der Waals surface area contributed by atoms with Crippen molar-refractivity contribution in [3.8, 4) is 17.2 Å². The number of hydrogen-bond donors (Lipinski definition) is 2. The van der Waals surface area contributed by atoms with Gasteiger partial charge in [-0.05, 0) is 62.4 Å². The fourth-order valence-corrected chi connectivity index (χ4v) is 3.21. The third-order valence-electron chi connectivity index (χ3n) is 4.64.